The number of hydrogen-bond donors (Lipinski definition) is 1. The third-order valence-corrected chi connectivity index (χ3v) is 4.64. The SMILES string of the molecule is CCOc1cc(/C=N\NC(=O)COc2ccc(C)cc2C)ccc1OC(=O)c1ccc(F)cc1. The second-order valence-corrected chi connectivity index (χ2v) is 7.39. The fraction of sp³-hybridized carbons (Fsp3) is 0.192. The molecule has 0 saturated heterocycles. The van der Waals surface area contributed by atoms with Gasteiger partial charge in [-0.1, -0.05) is 17.7 Å². The Morgan fingerprint density at radius 1 is 0.941 bits per heavy atom. The number of carbonyl (C=O) groups excluding carboxylic acids is 2. The summed E-state index contributed by atoms with van der Waals surface area (Å²) in [5.41, 5.74) is 5.28. The van der Waals surface area contributed by atoms with Crippen LogP contribution in [0.3, 0.4) is 0 Å². The highest BCUT2D eigenvalue weighted by Gasteiger charge is 2.13. The number of esters is 1. The average molecular weight is 464 g/mol. The van der Waals surface area contributed by atoms with Crippen molar-refractivity contribution in [2.45, 2.75) is 20.8 Å². The molecule has 0 saturated carbocycles. The molecule has 8 heteroatoms. The number of ether oxygens (including phenoxy) is 3. The van der Waals surface area contributed by atoms with Crippen LogP contribution < -0.4 is 19.6 Å². The molecule has 0 spiro atoms. The van der Waals surface area contributed by atoms with E-state index in [1.54, 1.807) is 25.1 Å². The van der Waals surface area contributed by atoms with Gasteiger partial charge >= 0.3 is 5.97 Å². The second kappa shape index (κ2) is 11.6. The van der Waals surface area contributed by atoms with Crippen LogP contribution in [0, 0.1) is 19.7 Å². The number of hydrogen-bond acceptors (Lipinski definition) is 6. The minimum atomic E-state index is -0.640. The van der Waals surface area contributed by atoms with E-state index in [1.807, 2.05) is 32.0 Å². The first-order valence-electron chi connectivity index (χ1n) is 10.6. The highest BCUT2D eigenvalue weighted by atomic mass is 19.1. The molecule has 0 aliphatic carbocycles. The highest BCUT2D eigenvalue weighted by Crippen LogP contribution is 2.29. The van der Waals surface area contributed by atoms with Crippen LogP contribution in [-0.2, 0) is 4.79 Å². The van der Waals surface area contributed by atoms with Gasteiger partial charge in [-0.2, -0.15) is 5.10 Å². The topological polar surface area (TPSA) is 86.2 Å². The van der Waals surface area contributed by atoms with Crippen molar-refractivity contribution in [2.24, 2.45) is 5.10 Å². The Hall–Kier alpha value is -4.20. The summed E-state index contributed by atoms with van der Waals surface area (Å²) >= 11 is 0. The molecule has 1 amide bonds. The number of hydrazone groups is 1. The summed E-state index contributed by atoms with van der Waals surface area (Å²) in [6.07, 6.45) is 1.43. The maximum atomic E-state index is 13.1. The molecule has 0 aromatic heterocycles. The number of rotatable bonds is 9. The highest BCUT2D eigenvalue weighted by molar-refractivity contribution is 5.91. The lowest BCUT2D eigenvalue weighted by atomic mass is 10.1. The van der Waals surface area contributed by atoms with Crippen molar-refractivity contribution in [3.05, 3.63) is 88.7 Å². The van der Waals surface area contributed by atoms with Gasteiger partial charge in [0.2, 0.25) is 0 Å². The summed E-state index contributed by atoms with van der Waals surface area (Å²) in [4.78, 5) is 24.4. The third kappa shape index (κ3) is 6.90. The zero-order valence-electron chi connectivity index (χ0n) is 19.1. The molecule has 3 rings (SSSR count). The van der Waals surface area contributed by atoms with Crippen molar-refractivity contribution in [2.75, 3.05) is 13.2 Å². The van der Waals surface area contributed by atoms with Crippen molar-refractivity contribution in [3.8, 4) is 17.2 Å². The van der Waals surface area contributed by atoms with E-state index in [0.717, 1.165) is 11.1 Å². The van der Waals surface area contributed by atoms with Crippen LogP contribution >= 0.6 is 0 Å². The predicted molar refractivity (Wildman–Crippen MR) is 126 cm³/mol. The fourth-order valence-electron chi connectivity index (χ4n) is 3.02. The van der Waals surface area contributed by atoms with Crippen LogP contribution in [0.25, 0.3) is 0 Å². The summed E-state index contributed by atoms with van der Waals surface area (Å²) in [7, 11) is 0. The Labute approximate surface area is 197 Å². The lowest BCUT2D eigenvalue weighted by molar-refractivity contribution is -0.123. The smallest absolute Gasteiger partial charge is 0.343 e. The van der Waals surface area contributed by atoms with Gasteiger partial charge in [-0.3, -0.25) is 4.79 Å². The van der Waals surface area contributed by atoms with Gasteiger partial charge in [-0.25, -0.2) is 14.6 Å². The maximum Gasteiger partial charge on any atom is 0.343 e. The van der Waals surface area contributed by atoms with E-state index in [-0.39, 0.29) is 17.9 Å². The van der Waals surface area contributed by atoms with Crippen LogP contribution in [0.2, 0.25) is 0 Å². The Morgan fingerprint density at radius 2 is 1.68 bits per heavy atom. The van der Waals surface area contributed by atoms with Crippen LogP contribution in [0.1, 0.15) is 34.0 Å². The molecule has 3 aromatic rings. The molecule has 176 valence electrons. The molecule has 0 aliphatic heterocycles. The largest absolute Gasteiger partial charge is 0.490 e. The van der Waals surface area contributed by atoms with Crippen molar-refractivity contribution in [1.29, 1.82) is 0 Å². The van der Waals surface area contributed by atoms with E-state index in [0.29, 0.717) is 23.7 Å². The average Bonchev–Trinajstić information content (AvgIpc) is 2.80. The Balaban J connectivity index is 1.59. The normalized spacial score (nSPS) is 10.7. The number of nitrogens with zero attached hydrogens (tertiary/aromatic N) is 1. The molecule has 0 heterocycles. The molecule has 34 heavy (non-hydrogen) atoms. The van der Waals surface area contributed by atoms with E-state index in [1.165, 1.54) is 30.5 Å². The fourth-order valence-corrected chi connectivity index (χ4v) is 3.02. The second-order valence-electron chi connectivity index (χ2n) is 7.39. The Kier molecular flexibility index (Phi) is 8.34. The first-order chi connectivity index (χ1) is 16.4. The number of aryl methyl sites for hydroxylation is 2. The quantitative estimate of drug-likeness (QED) is 0.217. The first-order valence-corrected chi connectivity index (χ1v) is 10.6. The number of halogens is 1. The molecular weight excluding hydrogens is 439 g/mol. The van der Waals surface area contributed by atoms with E-state index in [4.69, 9.17) is 14.2 Å². The maximum absolute atomic E-state index is 13.1. The summed E-state index contributed by atoms with van der Waals surface area (Å²) in [5.74, 6) is -0.328. The van der Waals surface area contributed by atoms with Crippen LogP contribution in [-0.4, -0.2) is 31.3 Å². The number of amides is 1. The van der Waals surface area contributed by atoms with Crippen molar-refractivity contribution < 1.29 is 28.2 Å². The van der Waals surface area contributed by atoms with Crippen molar-refractivity contribution in [1.82, 2.24) is 5.43 Å². The molecule has 7 nitrogen and oxygen atoms in total. The number of carbonyl (C=O) groups is 2. The van der Waals surface area contributed by atoms with Gasteiger partial charge in [0.1, 0.15) is 11.6 Å². The van der Waals surface area contributed by atoms with E-state index in [9.17, 15) is 14.0 Å². The first kappa shape index (κ1) is 24.4. The standard InChI is InChI=1S/C26H25FN2O5/c1-4-32-24-14-19(6-12-23(24)34-26(31)20-7-9-21(27)10-8-20)15-28-29-25(30)16-33-22-11-5-17(2)13-18(22)3/h5-15H,4,16H2,1-3H3,(H,29,30)/b28-15-. The monoisotopic (exact) mass is 464 g/mol. The molecule has 0 radical (unpaired) electrons. The Morgan fingerprint density at radius 3 is 2.38 bits per heavy atom. The zero-order chi connectivity index (χ0) is 24.5. The van der Waals surface area contributed by atoms with Gasteiger partial charge in [0.05, 0.1) is 18.4 Å². The van der Waals surface area contributed by atoms with Gasteiger partial charge in [0.15, 0.2) is 18.1 Å². The molecule has 0 aliphatic rings. The van der Waals surface area contributed by atoms with Gasteiger partial charge in [0, 0.05) is 0 Å². The molecule has 0 fully saturated rings. The summed E-state index contributed by atoms with van der Waals surface area (Å²) in [6.45, 7) is 5.85. The lowest BCUT2D eigenvalue weighted by Gasteiger charge is -2.11. The number of benzene rings is 3. The molecule has 1 N–H and O–H groups in total. The summed E-state index contributed by atoms with van der Waals surface area (Å²) in [6, 6.07) is 15.6. The van der Waals surface area contributed by atoms with Crippen LogP contribution in [0.4, 0.5) is 4.39 Å². The minimum Gasteiger partial charge on any atom is -0.490 e. The molecule has 3 aromatic carbocycles. The number of nitrogens with one attached hydrogen (secondary N) is 1. The van der Waals surface area contributed by atoms with E-state index < -0.39 is 17.7 Å². The summed E-state index contributed by atoms with van der Waals surface area (Å²) in [5, 5.41) is 3.93. The minimum absolute atomic E-state index is 0.177. The van der Waals surface area contributed by atoms with Crippen molar-refractivity contribution >= 4 is 18.1 Å². The van der Waals surface area contributed by atoms with Gasteiger partial charge in [-0.05, 0) is 80.4 Å². The van der Waals surface area contributed by atoms with Gasteiger partial charge in [0.25, 0.3) is 5.91 Å². The Bertz CT molecular complexity index is 1190. The van der Waals surface area contributed by atoms with Crippen LogP contribution in [0.5, 0.6) is 17.2 Å². The lowest BCUT2D eigenvalue weighted by Crippen LogP contribution is -2.24. The van der Waals surface area contributed by atoms with E-state index >= 15 is 0 Å². The summed E-state index contributed by atoms with van der Waals surface area (Å²) < 4.78 is 29.6. The van der Waals surface area contributed by atoms with Gasteiger partial charge < -0.3 is 14.2 Å². The third-order valence-electron chi connectivity index (χ3n) is 4.64. The molecule has 0 bridgehead atoms. The molecular formula is C26H25FN2O5. The van der Waals surface area contributed by atoms with Crippen molar-refractivity contribution in [3.63, 3.8) is 0 Å². The zero-order valence-corrected chi connectivity index (χ0v) is 19.1. The molecule has 0 atom stereocenters. The predicted octanol–water partition coefficient (Wildman–Crippen LogP) is 4.59. The van der Waals surface area contributed by atoms with E-state index in [2.05, 4.69) is 10.5 Å². The van der Waals surface area contributed by atoms with Crippen LogP contribution in [0.15, 0.2) is 65.8 Å². The molecule has 0 unspecified atom stereocenters. The van der Waals surface area contributed by atoms with Gasteiger partial charge in [-0.15, -0.1) is 0 Å².